The van der Waals surface area contributed by atoms with Gasteiger partial charge in [0.2, 0.25) is 5.91 Å². The van der Waals surface area contributed by atoms with Gasteiger partial charge in [-0.05, 0) is 24.5 Å². The smallest absolute Gasteiger partial charge is 0.221 e. The van der Waals surface area contributed by atoms with E-state index in [1.165, 1.54) is 11.3 Å². The molecule has 0 unspecified atom stereocenters. The van der Waals surface area contributed by atoms with E-state index < -0.39 is 0 Å². The number of benzene rings is 1. The largest absolute Gasteiger partial charge is 0.371 e. The number of carbonyl (C=O) groups excluding carboxylic acids is 1. The second-order valence-electron chi connectivity index (χ2n) is 5.93. The second kappa shape index (κ2) is 8.03. The topological polar surface area (TPSA) is 44.4 Å². The Balaban J connectivity index is 1.59. The first-order valence-electron chi connectivity index (χ1n) is 8.00. The van der Waals surface area contributed by atoms with Crippen molar-refractivity contribution in [1.82, 2.24) is 10.6 Å². The summed E-state index contributed by atoms with van der Waals surface area (Å²) in [4.78, 5) is 14.1. The summed E-state index contributed by atoms with van der Waals surface area (Å²) in [5.74, 6) is 0.143. The third kappa shape index (κ3) is 5.05. The standard InChI is InChI=1S/C17H27N3O/c1-14(2)18-11-8-17(21)19-10-5-12-20-13-9-15-6-3-4-7-16(15)20/h3-4,6-7,14,18H,5,8-13H2,1-2H3,(H,19,21). The number of nitrogens with one attached hydrogen (secondary N) is 2. The van der Waals surface area contributed by atoms with Gasteiger partial charge in [0.05, 0.1) is 0 Å². The summed E-state index contributed by atoms with van der Waals surface area (Å²) in [5, 5.41) is 6.25. The van der Waals surface area contributed by atoms with E-state index in [4.69, 9.17) is 0 Å². The van der Waals surface area contributed by atoms with E-state index >= 15 is 0 Å². The van der Waals surface area contributed by atoms with Crippen molar-refractivity contribution in [3.05, 3.63) is 29.8 Å². The van der Waals surface area contributed by atoms with Gasteiger partial charge in [0, 0.05) is 44.3 Å². The first kappa shape index (κ1) is 15.8. The molecule has 1 aromatic carbocycles. The highest BCUT2D eigenvalue weighted by Crippen LogP contribution is 2.27. The number of rotatable bonds is 8. The average Bonchev–Trinajstić information content (AvgIpc) is 2.86. The Bertz CT molecular complexity index is 459. The number of para-hydroxylation sites is 1. The van der Waals surface area contributed by atoms with Crippen LogP contribution in [0.4, 0.5) is 5.69 Å². The lowest BCUT2D eigenvalue weighted by atomic mass is 10.2. The quantitative estimate of drug-likeness (QED) is 0.719. The van der Waals surface area contributed by atoms with Crippen LogP contribution in [-0.4, -0.2) is 38.1 Å². The van der Waals surface area contributed by atoms with Crippen LogP contribution in [0.15, 0.2) is 24.3 Å². The Labute approximate surface area is 127 Å². The van der Waals surface area contributed by atoms with Crippen LogP contribution in [0.2, 0.25) is 0 Å². The molecule has 1 aliphatic heterocycles. The molecule has 0 atom stereocenters. The fourth-order valence-corrected chi connectivity index (χ4v) is 2.70. The third-order valence-electron chi connectivity index (χ3n) is 3.81. The van der Waals surface area contributed by atoms with Gasteiger partial charge in [-0.3, -0.25) is 4.79 Å². The van der Waals surface area contributed by atoms with Gasteiger partial charge in [-0.2, -0.15) is 0 Å². The lowest BCUT2D eigenvalue weighted by molar-refractivity contribution is -0.121. The molecule has 116 valence electrons. The zero-order valence-electron chi connectivity index (χ0n) is 13.2. The fraction of sp³-hybridized carbons (Fsp3) is 0.588. The summed E-state index contributed by atoms with van der Waals surface area (Å²) in [6.45, 7) is 7.81. The number of carbonyl (C=O) groups is 1. The molecule has 1 heterocycles. The van der Waals surface area contributed by atoms with Crippen molar-refractivity contribution in [2.45, 2.75) is 39.2 Å². The third-order valence-corrected chi connectivity index (χ3v) is 3.81. The van der Waals surface area contributed by atoms with Gasteiger partial charge >= 0.3 is 0 Å². The van der Waals surface area contributed by atoms with E-state index in [1.54, 1.807) is 0 Å². The van der Waals surface area contributed by atoms with Gasteiger partial charge in [-0.25, -0.2) is 0 Å². The number of hydrogen-bond acceptors (Lipinski definition) is 3. The van der Waals surface area contributed by atoms with Crippen LogP contribution in [-0.2, 0) is 11.2 Å². The van der Waals surface area contributed by atoms with Gasteiger partial charge in [-0.15, -0.1) is 0 Å². The zero-order valence-corrected chi connectivity index (χ0v) is 13.2. The molecule has 2 rings (SSSR count). The Kier molecular flexibility index (Phi) is 6.05. The maximum Gasteiger partial charge on any atom is 0.221 e. The molecule has 21 heavy (non-hydrogen) atoms. The Morgan fingerprint density at radius 1 is 1.29 bits per heavy atom. The molecule has 0 saturated heterocycles. The minimum absolute atomic E-state index is 0.143. The van der Waals surface area contributed by atoms with Crippen LogP contribution in [0.25, 0.3) is 0 Å². The minimum Gasteiger partial charge on any atom is -0.371 e. The maximum atomic E-state index is 11.7. The zero-order chi connectivity index (χ0) is 15.1. The Morgan fingerprint density at radius 2 is 2.10 bits per heavy atom. The van der Waals surface area contributed by atoms with E-state index in [0.717, 1.165) is 39.0 Å². The molecule has 1 amide bonds. The van der Waals surface area contributed by atoms with Crippen LogP contribution in [0.5, 0.6) is 0 Å². The molecule has 0 radical (unpaired) electrons. The van der Waals surface area contributed by atoms with Crippen LogP contribution in [0.3, 0.4) is 0 Å². The van der Waals surface area contributed by atoms with Gasteiger partial charge in [0.1, 0.15) is 0 Å². The summed E-state index contributed by atoms with van der Waals surface area (Å²) in [6, 6.07) is 9.04. The van der Waals surface area contributed by atoms with Crippen molar-refractivity contribution in [2.24, 2.45) is 0 Å². The van der Waals surface area contributed by atoms with E-state index in [0.29, 0.717) is 12.5 Å². The van der Waals surface area contributed by atoms with E-state index in [2.05, 4.69) is 53.6 Å². The predicted octanol–water partition coefficient (Wildman–Crippen LogP) is 1.94. The number of hydrogen-bond donors (Lipinski definition) is 2. The summed E-state index contributed by atoms with van der Waals surface area (Å²) in [7, 11) is 0. The minimum atomic E-state index is 0.143. The van der Waals surface area contributed by atoms with E-state index in [1.807, 2.05) is 0 Å². The Morgan fingerprint density at radius 3 is 2.90 bits per heavy atom. The molecule has 2 N–H and O–H groups in total. The molecule has 0 fully saturated rings. The van der Waals surface area contributed by atoms with Gasteiger partial charge in [0.25, 0.3) is 0 Å². The highest BCUT2D eigenvalue weighted by atomic mass is 16.1. The number of nitrogens with zero attached hydrogens (tertiary/aromatic N) is 1. The van der Waals surface area contributed by atoms with Gasteiger partial charge in [0.15, 0.2) is 0 Å². The predicted molar refractivity (Wildman–Crippen MR) is 87.7 cm³/mol. The van der Waals surface area contributed by atoms with Gasteiger partial charge in [-0.1, -0.05) is 32.0 Å². The second-order valence-corrected chi connectivity index (χ2v) is 5.93. The first-order valence-corrected chi connectivity index (χ1v) is 8.00. The SMILES string of the molecule is CC(C)NCCC(=O)NCCCN1CCc2ccccc21. The van der Waals surface area contributed by atoms with Crippen LogP contribution in [0, 0.1) is 0 Å². The molecule has 0 bridgehead atoms. The summed E-state index contributed by atoms with van der Waals surface area (Å²) in [6.07, 6.45) is 2.70. The molecular formula is C17H27N3O. The lowest BCUT2D eigenvalue weighted by Crippen LogP contribution is -2.32. The van der Waals surface area contributed by atoms with E-state index in [-0.39, 0.29) is 5.91 Å². The Hall–Kier alpha value is -1.55. The van der Waals surface area contributed by atoms with Crippen molar-refractivity contribution < 1.29 is 4.79 Å². The van der Waals surface area contributed by atoms with E-state index in [9.17, 15) is 4.79 Å². The molecule has 0 saturated carbocycles. The normalized spacial score (nSPS) is 13.6. The van der Waals surface area contributed by atoms with Crippen molar-refractivity contribution in [2.75, 3.05) is 31.1 Å². The molecule has 0 spiro atoms. The van der Waals surface area contributed by atoms with Crippen molar-refractivity contribution >= 4 is 11.6 Å². The highest BCUT2D eigenvalue weighted by molar-refractivity contribution is 5.76. The number of anilines is 1. The molecule has 4 heteroatoms. The fourth-order valence-electron chi connectivity index (χ4n) is 2.70. The number of fused-ring (bicyclic) bond motifs is 1. The molecule has 1 aliphatic rings. The van der Waals surface area contributed by atoms with Crippen molar-refractivity contribution in [1.29, 1.82) is 0 Å². The molecule has 0 aromatic heterocycles. The summed E-state index contributed by atoms with van der Waals surface area (Å²) < 4.78 is 0. The molecule has 1 aromatic rings. The lowest BCUT2D eigenvalue weighted by Gasteiger charge is -2.19. The van der Waals surface area contributed by atoms with Crippen molar-refractivity contribution in [3.63, 3.8) is 0 Å². The van der Waals surface area contributed by atoms with Crippen LogP contribution < -0.4 is 15.5 Å². The van der Waals surface area contributed by atoms with Crippen LogP contribution in [0.1, 0.15) is 32.3 Å². The monoisotopic (exact) mass is 289 g/mol. The maximum absolute atomic E-state index is 11.7. The molecule has 4 nitrogen and oxygen atoms in total. The highest BCUT2D eigenvalue weighted by Gasteiger charge is 2.17. The first-order chi connectivity index (χ1) is 10.2. The average molecular weight is 289 g/mol. The van der Waals surface area contributed by atoms with Crippen LogP contribution >= 0.6 is 0 Å². The summed E-state index contributed by atoms with van der Waals surface area (Å²) >= 11 is 0. The number of amides is 1. The van der Waals surface area contributed by atoms with Gasteiger partial charge < -0.3 is 15.5 Å². The molecular weight excluding hydrogens is 262 g/mol. The van der Waals surface area contributed by atoms with Crippen molar-refractivity contribution in [3.8, 4) is 0 Å². The summed E-state index contributed by atoms with van der Waals surface area (Å²) in [5.41, 5.74) is 2.81. The molecule has 0 aliphatic carbocycles.